The first-order valence-corrected chi connectivity index (χ1v) is 36.7. The van der Waals surface area contributed by atoms with Gasteiger partial charge >= 0.3 is 0 Å². The highest BCUT2D eigenvalue weighted by molar-refractivity contribution is 5.97. The Kier molecular flexibility index (Phi) is 28.7. The van der Waals surface area contributed by atoms with Crippen LogP contribution in [0.2, 0.25) is 0 Å². The van der Waals surface area contributed by atoms with E-state index in [1.807, 2.05) is 92.1 Å². The lowest BCUT2D eigenvalue weighted by molar-refractivity contribution is -0.134. The Hall–Kier alpha value is -8.44. The molecule has 518 valence electrons. The number of hydrogen-bond acceptors (Lipinski definition) is 7. The van der Waals surface area contributed by atoms with Gasteiger partial charge in [0.1, 0.15) is 30.5 Å². The standard InChI is InChI=1S/2C12H15NO2.C12H17NO.C12H17N.C11H13N.2C10H12.C9H10/c1-9(2)13-7-10-5-3-4-6-11(10)15-8-12(13)14;1-9(2)13-7-8-15-11-6-4-3-5-10(11)12(13)14;1-10(2)13-7-8-14-12-6-4-3-5-11(12)9-13;1-10(2)13-8-7-11-5-3-4-6-12(11)9-13;1-9(2)12-8-7-10-5-3-4-6-11(10)12;2*1-2-6-10-8-4-3-7-9(10)5-1;1-2-5-9-7-3-6-8(9)4-1/h2*3-6,9H,7-8H2,1-2H3;3-6,10H,7-9H2,1-2H3;3-6,10H,7-9H2,1-2H3;3-9H,1-2H3;2*1-2,5-6H,3-4,7-8H2;1-2,4-5H,3,6-7H2. The molecular formula is C88H111N5O5. The number of carbonyl (C=O) groups excluding carboxylic acids is 2. The van der Waals surface area contributed by atoms with Crippen LogP contribution in [0.25, 0.3) is 10.9 Å². The molecule has 5 heterocycles. The molecule has 98 heavy (non-hydrogen) atoms. The van der Waals surface area contributed by atoms with Gasteiger partial charge in [-0.05, 0) is 233 Å². The van der Waals surface area contributed by atoms with E-state index in [0.29, 0.717) is 49.1 Å². The lowest BCUT2D eigenvalue weighted by Crippen LogP contribution is -2.37. The Labute approximate surface area is 588 Å². The van der Waals surface area contributed by atoms with Gasteiger partial charge in [0.2, 0.25) is 0 Å². The quantitative estimate of drug-likeness (QED) is 0.170. The lowest BCUT2D eigenvalue weighted by atomic mass is 9.92. The Morgan fingerprint density at radius 3 is 1.21 bits per heavy atom. The third kappa shape index (κ3) is 21.5. The maximum absolute atomic E-state index is 12.1. The molecule has 0 radical (unpaired) electrons. The second-order valence-electron chi connectivity index (χ2n) is 28.0. The van der Waals surface area contributed by atoms with Crippen molar-refractivity contribution >= 4 is 22.7 Å². The van der Waals surface area contributed by atoms with Gasteiger partial charge in [0.05, 0.1) is 12.1 Å². The molecule has 0 fully saturated rings. The van der Waals surface area contributed by atoms with Crippen molar-refractivity contribution in [2.45, 2.75) is 196 Å². The molecule has 7 aliphatic rings. The van der Waals surface area contributed by atoms with Crippen LogP contribution in [-0.2, 0) is 69.4 Å². The molecule has 9 aromatic rings. The third-order valence-electron chi connectivity index (χ3n) is 19.5. The summed E-state index contributed by atoms with van der Waals surface area (Å²) in [5, 5.41) is 1.33. The van der Waals surface area contributed by atoms with Gasteiger partial charge in [-0.15, -0.1) is 0 Å². The number of hydrogen-bond donors (Lipinski definition) is 0. The van der Waals surface area contributed by atoms with Crippen LogP contribution >= 0.6 is 0 Å². The molecular weight excluding hydrogens is 1210 g/mol. The number of fused-ring (bicyclic) bond motifs is 8. The molecule has 0 N–H and O–H groups in total. The summed E-state index contributed by atoms with van der Waals surface area (Å²) in [6, 6.07) is 71.5. The molecule has 8 aromatic carbocycles. The Balaban J connectivity index is 0.000000132. The van der Waals surface area contributed by atoms with Gasteiger partial charge in [0, 0.05) is 85.8 Å². The average molecular weight is 1320 g/mol. The summed E-state index contributed by atoms with van der Waals surface area (Å²) in [4.78, 5) is 32.5. The minimum atomic E-state index is 0.0567. The summed E-state index contributed by atoms with van der Waals surface area (Å²) >= 11 is 0. The van der Waals surface area contributed by atoms with E-state index in [4.69, 9.17) is 14.2 Å². The van der Waals surface area contributed by atoms with E-state index >= 15 is 0 Å². The second-order valence-corrected chi connectivity index (χ2v) is 28.0. The van der Waals surface area contributed by atoms with Crippen LogP contribution in [0.3, 0.4) is 0 Å². The zero-order chi connectivity index (χ0) is 69.2. The lowest BCUT2D eigenvalue weighted by Gasteiger charge is -2.31. The molecule has 0 spiro atoms. The van der Waals surface area contributed by atoms with Crippen molar-refractivity contribution in [1.82, 2.24) is 24.2 Å². The maximum atomic E-state index is 12.1. The molecule has 4 aliphatic heterocycles. The smallest absolute Gasteiger partial charge is 0.261 e. The number of carbonyl (C=O) groups is 2. The normalized spacial score (nSPS) is 15.8. The van der Waals surface area contributed by atoms with Gasteiger partial charge in [-0.25, -0.2) is 0 Å². The van der Waals surface area contributed by atoms with Crippen molar-refractivity contribution in [1.29, 1.82) is 0 Å². The summed E-state index contributed by atoms with van der Waals surface area (Å²) < 4.78 is 19.0. The van der Waals surface area contributed by atoms with Crippen molar-refractivity contribution in [3.05, 3.63) is 268 Å². The Bertz CT molecular complexity index is 3770. The molecule has 3 aliphatic carbocycles. The number of ether oxygens (including phenoxy) is 3. The SMILES string of the molecule is CC(C)N1CCOc2ccccc2C1.CC(C)N1CCOc2ccccc2C1=O.CC(C)N1CCc2ccccc2C1.CC(C)N1Cc2ccccc2OCC1=O.CC(C)n1ccc2ccccc21.c1ccc2c(c1)CCC2.c1ccc2c(c1)CCCC2.c1ccc2c(c1)CCCC2. The van der Waals surface area contributed by atoms with Crippen molar-refractivity contribution in [2.75, 3.05) is 39.5 Å². The van der Waals surface area contributed by atoms with Crippen LogP contribution in [0.1, 0.15) is 173 Å². The van der Waals surface area contributed by atoms with E-state index in [2.05, 4.69) is 208 Å². The molecule has 0 bridgehead atoms. The summed E-state index contributed by atoms with van der Waals surface area (Å²) in [7, 11) is 0. The molecule has 0 saturated heterocycles. The summed E-state index contributed by atoms with van der Waals surface area (Å²) in [5.41, 5.74) is 16.9. The fraction of sp³-hybridized carbons (Fsp3) is 0.409. The molecule has 0 unspecified atom stereocenters. The Morgan fingerprint density at radius 2 is 0.704 bits per heavy atom. The van der Waals surface area contributed by atoms with Gasteiger partial charge in [0.25, 0.3) is 11.8 Å². The highest BCUT2D eigenvalue weighted by atomic mass is 16.5. The van der Waals surface area contributed by atoms with E-state index in [1.165, 1.54) is 106 Å². The van der Waals surface area contributed by atoms with Gasteiger partial charge in [0.15, 0.2) is 6.61 Å². The molecule has 16 rings (SSSR count). The third-order valence-corrected chi connectivity index (χ3v) is 19.5. The second kappa shape index (κ2) is 38.1. The monoisotopic (exact) mass is 1320 g/mol. The van der Waals surface area contributed by atoms with E-state index in [1.54, 1.807) is 38.9 Å². The number of benzene rings is 8. The van der Waals surface area contributed by atoms with E-state index < -0.39 is 0 Å². The van der Waals surface area contributed by atoms with Crippen LogP contribution in [0.15, 0.2) is 206 Å². The molecule has 10 nitrogen and oxygen atoms in total. The number of amides is 2. The molecule has 2 amide bonds. The minimum absolute atomic E-state index is 0.0567. The predicted molar refractivity (Wildman–Crippen MR) is 406 cm³/mol. The minimum Gasteiger partial charge on any atom is -0.492 e. The van der Waals surface area contributed by atoms with E-state index in [9.17, 15) is 9.59 Å². The average Bonchev–Trinajstić information content (AvgIpc) is 1.71. The predicted octanol–water partition coefficient (Wildman–Crippen LogP) is 19.0. The number of aromatic nitrogens is 1. The highest BCUT2D eigenvalue weighted by Gasteiger charge is 2.26. The van der Waals surface area contributed by atoms with E-state index in [0.717, 1.165) is 43.3 Å². The number of nitrogens with zero attached hydrogens (tertiary/aromatic N) is 5. The molecule has 1 aromatic heterocycles. The first-order chi connectivity index (χ1) is 47.6. The molecule has 0 saturated carbocycles. The first-order valence-electron chi connectivity index (χ1n) is 36.7. The van der Waals surface area contributed by atoms with Gasteiger partial charge in [-0.2, -0.15) is 0 Å². The topological polar surface area (TPSA) is 79.7 Å². The van der Waals surface area contributed by atoms with Gasteiger partial charge in [-0.1, -0.05) is 164 Å². The zero-order valence-corrected chi connectivity index (χ0v) is 60.6. The first kappa shape index (κ1) is 73.8. The largest absolute Gasteiger partial charge is 0.492 e. The van der Waals surface area contributed by atoms with Crippen LogP contribution in [0, 0.1) is 0 Å². The summed E-state index contributed by atoms with van der Waals surface area (Å²) in [5.74, 6) is 2.70. The van der Waals surface area contributed by atoms with Gasteiger partial charge in [-0.3, -0.25) is 19.4 Å². The van der Waals surface area contributed by atoms with Crippen LogP contribution < -0.4 is 14.2 Å². The zero-order valence-electron chi connectivity index (χ0n) is 60.6. The van der Waals surface area contributed by atoms with Crippen molar-refractivity contribution in [2.24, 2.45) is 0 Å². The summed E-state index contributed by atoms with van der Waals surface area (Å²) in [6.07, 6.45) is 18.1. The van der Waals surface area contributed by atoms with Crippen molar-refractivity contribution < 1.29 is 23.8 Å². The van der Waals surface area contributed by atoms with Crippen LogP contribution in [0.5, 0.6) is 17.2 Å². The number of aryl methyl sites for hydroxylation is 6. The highest BCUT2D eigenvalue weighted by Crippen LogP contribution is 2.28. The summed E-state index contributed by atoms with van der Waals surface area (Å²) in [6.45, 7) is 28.7. The number of para-hydroxylation sites is 4. The fourth-order valence-electron chi connectivity index (χ4n) is 13.7. The number of rotatable bonds is 5. The molecule has 0 atom stereocenters. The molecule has 10 heteroatoms. The van der Waals surface area contributed by atoms with Crippen LogP contribution in [0.4, 0.5) is 0 Å². The fourth-order valence-corrected chi connectivity index (χ4v) is 13.7. The van der Waals surface area contributed by atoms with Gasteiger partial charge < -0.3 is 28.6 Å². The maximum Gasteiger partial charge on any atom is 0.261 e. The Morgan fingerprint density at radius 1 is 0.316 bits per heavy atom. The van der Waals surface area contributed by atoms with Crippen molar-refractivity contribution in [3.8, 4) is 17.2 Å². The van der Waals surface area contributed by atoms with Crippen LogP contribution in [-0.4, -0.2) is 99.6 Å². The van der Waals surface area contributed by atoms with E-state index in [-0.39, 0.29) is 30.5 Å². The van der Waals surface area contributed by atoms with Crippen molar-refractivity contribution in [3.63, 3.8) is 0 Å².